The van der Waals surface area contributed by atoms with E-state index in [1.807, 2.05) is 0 Å². The van der Waals surface area contributed by atoms with Crippen molar-refractivity contribution in [1.82, 2.24) is 8.96 Å². The molecule has 0 unspecified atom stereocenters. The molecule has 0 saturated carbocycles. The quantitative estimate of drug-likeness (QED) is 0.568. The highest BCUT2D eigenvalue weighted by atomic mass is 35.5. The molecule has 0 amide bonds. The third-order valence-corrected chi connectivity index (χ3v) is 6.22. The van der Waals surface area contributed by atoms with Crippen LogP contribution in [0.4, 0.5) is 13.2 Å². The number of carbonyl (C=O) groups is 1. The van der Waals surface area contributed by atoms with Gasteiger partial charge in [0.2, 0.25) is 0 Å². The predicted octanol–water partition coefficient (Wildman–Crippen LogP) is 4.35. The minimum Gasteiger partial charge on any atom is -0.481 e. The van der Waals surface area contributed by atoms with Crippen molar-refractivity contribution < 1.29 is 31.5 Å². The smallest absolute Gasteiger partial charge is 0.417 e. The molecule has 0 atom stereocenters. The van der Waals surface area contributed by atoms with Crippen molar-refractivity contribution in [3.63, 3.8) is 0 Å². The van der Waals surface area contributed by atoms with E-state index < -0.39 is 32.6 Å². The van der Waals surface area contributed by atoms with Crippen LogP contribution in [0.3, 0.4) is 0 Å². The SMILES string of the molecule is O=C(O)CCCc1cc2nc(Cl)ccc2n1S(=O)(=O)c1ccccc1C(F)(F)F. The molecule has 0 bridgehead atoms. The zero-order chi connectivity index (χ0) is 21.4. The second-order valence-corrected chi connectivity index (χ2v) is 8.33. The zero-order valence-corrected chi connectivity index (χ0v) is 16.2. The molecule has 0 aliphatic carbocycles. The van der Waals surface area contributed by atoms with Crippen LogP contribution >= 0.6 is 11.6 Å². The Morgan fingerprint density at radius 3 is 2.52 bits per heavy atom. The molecule has 6 nitrogen and oxygen atoms in total. The van der Waals surface area contributed by atoms with Gasteiger partial charge >= 0.3 is 12.1 Å². The summed E-state index contributed by atoms with van der Waals surface area (Å²) < 4.78 is 67.5. The number of hydrogen-bond acceptors (Lipinski definition) is 4. The Morgan fingerprint density at radius 1 is 1.17 bits per heavy atom. The lowest BCUT2D eigenvalue weighted by Gasteiger charge is -2.16. The van der Waals surface area contributed by atoms with E-state index in [4.69, 9.17) is 16.7 Å². The Balaban J connectivity index is 2.23. The molecule has 2 heterocycles. The minimum atomic E-state index is -4.88. The topological polar surface area (TPSA) is 89.3 Å². The van der Waals surface area contributed by atoms with Crippen LogP contribution in [0.25, 0.3) is 11.0 Å². The highest BCUT2D eigenvalue weighted by Gasteiger charge is 2.38. The second kappa shape index (κ2) is 7.68. The van der Waals surface area contributed by atoms with Crippen molar-refractivity contribution in [1.29, 1.82) is 0 Å². The molecule has 1 N–H and O–H groups in total. The van der Waals surface area contributed by atoms with Crippen LogP contribution in [-0.2, 0) is 27.4 Å². The van der Waals surface area contributed by atoms with Gasteiger partial charge in [-0.25, -0.2) is 17.4 Å². The fraction of sp³-hybridized carbons (Fsp3) is 0.222. The van der Waals surface area contributed by atoms with Gasteiger partial charge in [0, 0.05) is 12.1 Å². The van der Waals surface area contributed by atoms with E-state index in [9.17, 15) is 26.4 Å². The van der Waals surface area contributed by atoms with Gasteiger partial charge in [-0.05, 0) is 43.2 Å². The van der Waals surface area contributed by atoms with Gasteiger partial charge in [0.15, 0.2) is 0 Å². The van der Waals surface area contributed by atoms with Gasteiger partial charge in [-0.15, -0.1) is 0 Å². The van der Waals surface area contributed by atoms with Gasteiger partial charge in [0.05, 0.1) is 16.6 Å². The summed E-state index contributed by atoms with van der Waals surface area (Å²) in [6.45, 7) is 0. The Hall–Kier alpha value is -2.59. The van der Waals surface area contributed by atoms with Gasteiger partial charge in [-0.2, -0.15) is 13.2 Å². The Kier molecular flexibility index (Phi) is 5.59. The summed E-state index contributed by atoms with van der Waals surface area (Å²) in [4.78, 5) is 13.9. The molecule has 29 heavy (non-hydrogen) atoms. The highest BCUT2D eigenvalue weighted by molar-refractivity contribution is 7.90. The van der Waals surface area contributed by atoms with Crippen molar-refractivity contribution in [3.8, 4) is 0 Å². The maximum Gasteiger partial charge on any atom is 0.417 e. The Labute approximate surface area is 168 Å². The molecule has 0 radical (unpaired) electrons. The first-order valence-corrected chi connectivity index (χ1v) is 10.1. The molecule has 0 aliphatic heterocycles. The van der Waals surface area contributed by atoms with E-state index in [-0.39, 0.29) is 41.1 Å². The lowest BCUT2D eigenvalue weighted by Crippen LogP contribution is -2.20. The van der Waals surface area contributed by atoms with Crippen molar-refractivity contribution >= 4 is 38.6 Å². The van der Waals surface area contributed by atoms with Crippen LogP contribution in [0.15, 0.2) is 47.4 Å². The van der Waals surface area contributed by atoms with E-state index >= 15 is 0 Å². The lowest BCUT2D eigenvalue weighted by atomic mass is 10.2. The molecule has 3 aromatic rings. The molecular formula is C18H14ClF3N2O4S. The summed E-state index contributed by atoms with van der Waals surface area (Å²) in [5.74, 6) is -1.07. The fourth-order valence-corrected chi connectivity index (χ4v) is 4.92. The number of carboxylic acids is 1. The van der Waals surface area contributed by atoms with Gasteiger partial charge in [-0.3, -0.25) is 4.79 Å². The van der Waals surface area contributed by atoms with E-state index in [2.05, 4.69) is 4.98 Å². The number of rotatable bonds is 6. The van der Waals surface area contributed by atoms with Crippen molar-refractivity contribution in [2.75, 3.05) is 0 Å². The molecule has 11 heteroatoms. The van der Waals surface area contributed by atoms with Gasteiger partial charge in [0.1, 0.15) is 10.0 Å². The molecule has 154 valence electrons. The van der Waals surface area contributed by atoms with Crippen LogP contribution in [0, 0.1) is 0 Å². The van der Waals surface area contributed by atoms with Crippen LogP contribution in [0.5, 0.6) is 0 Å². The predicted molar refractivity (Wildman–Crippen MR) is 99.3 cm³/mol. The maximum absolute atomic E-state index is 13.4. The Morgan fingerprint density at radius 2 is 1.86 bits per heavy atom. The average molecular weight is 447 g/mol. The second-order valence-electron chi connectivity index (χ2n) is 6.18. The van der Waals surface area contributed by atoms with Gasteiger partial charge in [-0.1, -0.05) is 23.7 Å². The van der Waals surface area contributed by atoms with E-state index in [0.29, 0.717) is 6.07 Å². The number of aromatic nitrogens is 2. The normalized spacial score (nSPS) is 12.4. The number of nitrogens with zero attached hydrogens (tertiary/aromatic N) is 2. The number of benzene rings is 1. The van der Waals surface area contributed by atoms with Gasteiger partial charge in [0.25, 0.3) is 10.0 Å². The summed E-state index contributed by atoms with van der Waals surface area (Å²) in [5, 5.41) is 8.90. The average Bonchev–Trinajstić information content (AvgIpc) is 2.98. The van der Waals surface area contributed by atoms with Crippen LogP contribution < -0.4 is 0 Å². The molecule has 3 rings (SSSR count). The summed E-state index contributed by atoms with van der Waals surface area (Å²) in [6, 6.07) is 7.94. The number of aliphatic carboxylic acids is 1. The third-order valence-electron chi connectivity index (χ3n) is 4.19. The number of hydrogen-bond donors (Lipinski definition) is 1. The first-order chi connectivity index (χ1) is 13.5. The summed E-state index contributed by atoms with van der Waals surface area (Å²) in [7, 11) is -4.66. The number of carboxylic acid groups (broad SMARTS) is 1. The van der Waals surface area contributed by atoms with Crippen molar-refractivity contribution in [3.05, 3.63) is 58.9 Å². The first kappa shape index (κ1) is 21.1. The summed E-state index contributed by atoms with van der Waals surface area (Å²) in [5.41, 5.74) is -0.944. The lowest BCUT2D eigenvalue weighted by molar-refractivity contribution is -0.140. The Bertz CT molecular complexity index is 1190. The maximum atomic E-state index is 13.4. The highest BCUT2D eigenvalue weighted by Crippen LogP contribution is 2.36. The number of aryl methyl sites for hydroxylation is 1. The van der Waals surface area contributed by atoms with Crippen LogP contribution in [0.2, 0.25) is 5.15 Å². The molecule has 0 fully saturated rings. The van der Waals surface area contributed by atoms with Crippen molar-refractivity contribution in [2.24, 2.45) is 0 Å². The zero-order valence-electron chi connectivity index (χ0n) is 14.6. The van der Waals surface area contributed by atoms with Crippen molar-refractivity contribution in [2.45, 2.75) is 30.3 Å². The third kappa shape index (κ3) is 4.23. The molecule has 2 aromatic heterocycles. The molecule has 0 aliphatic rings. The van der Waals surface area contributed by atoms with E-state index in [1.54, 1.807) is 0 Å². The standard InChI is InChI=1S/C18H14ClF3N2O4S/c19-16-9-8-14-13(23-16)10-11(4-3-7-17(25)26)24(14)29(27,28)15-6-2-1-5-12(15)18(20,21)22/h1-2,5-6,8-10H,3-4,7H2,(H,25,26). The fourth-order valence-electron chi connectivity index (χ4n) is 2.99. The largest absolute Gasteiger partial charge is 0.481 e. The van der Waals surface area contributed by atoms with E-state index in [1.165, 1.54) is 24.3 Å². The molecular weight excluding hydrogens is 433 g/mol. The first-order valence-electron chi connectivity index (χ1n) is 8.32. The number of alkyl halides is 3. The molecule has 1 aromatic carbocycles. The number of pyridine rings is 1. The monoisotopic (exact) mass is 446 g/mol. The van der Waals surface area contributed by atoms with Crippen LogP contribution in [-0.4, -0.2) is 28.5 Å². The molecule has 0 saturated heterocycles. The summed E-state index contributed by atoms with van der Waals surface area (Å²) in [6.07, 6.45) is -5.00. The number of fused-ring (bicyclic) bond motifs is 1. The van der Waals surface area contributed by atoms with Gasteiger partial charge < -0.3 is 5.11 Å². The summed E-state index contributed by atoms with van der Waals surface area (Å²) >= 11 is 5.85. The van der Waals surface area contributed by atoms with Crippen LogP contribution in [0.1, 0.15) is 24.1 Å². The minimum absolute atomic E-state index is 0.00763. The molecule has 0 spiro atoms. The number of halogens is 4. The van der Waals surface area contributed by atoms with E-state index in [0.717, 1.165) is 16.1 Å².